The highest BCUT2D eigenvalue weighted by atomic mass is 16.4. The summed E-state index contributed by atoms with van der Waals surface area (Å²) >= 11 is 0. The van der Waals surface area contributed by atoms with E-state index in [2.05, 4.69) is 0 Å². The Morgan fingerprint density at radius 2 is 1.25 bits per heavy atom. The van der Waals surface area contributed by atoms with Crippen molar-refractivity contribution in [3.8, 4) is 0 Å². The fourth-order valence-corrected chi connectivity index (χ4v) is 2.29. The molecule has 0 aromatic rings. The highest BCUT2D eigenvalue weighted by molar-refractivity contribution is 5.66. The Morgan fingerprint density at radius 1 is 0.800 bits per heavy atom. The van der Waals surface area contributed by atoms with Crippen molar-refractivity contribution in [2.24, 2.45) is 0 Å². The van der Waals surface area contributed by atoms with Crippen molar-refractivity contribution in [3.63, 3.8) is 0 Å². The second-order valence-electron chi connectivity index (χ2n) is 5.70. The maximum Gasteiger partial charge on any atom is 0.303 e. The monoisotopic (exact) mass is 288 g/mol. The van der Waals surface area contributed by atoms with Gasteiger partial charge in [-0.15, -0.1) is 0 Å². The Balaban J connectivity index is 3.24. The smallest absolute Gasteiger partial charge is 0.303 e. The number of aliphatic carboxylic acids is 1. The molecule has 0 amide bonds. The molecule has 20 heavy (non-hydrogen) atoms. The zero-order chi connectivity index (χ0) is 15.2. The Hall–Kier alpha value is -0.610. The van der Waals surface area contributed by atoms with E-state index in [1.165, 1.54) is 0 Å². The molecule has 0 aromatic carbocycles. The summed E-state index contributed by atoms with van der Waals surface area (Å²) < 4.78 is 0. The number of carboxylic acids is 1. The topological polar surface area (TPSA) is 77.8 Å². The number of unbranched alkanes of at least 4 members (excludes halogenated alkanes) is 5. The summed E-state index contributed by atoms with van der Waals surface area (Å²) in [5.41, 5.74) is 0. The van der Waals surface area contributed by atoms with E-state index in [9.17, 15) is 15.0 Å². The van der Waals surface area contributed by atoms with Gasteiger partial charge in [-0.3, -0.25) is 4.79 Å². The molecule has 0 radical (unpaired) electrons. The van der Waals surface area contributed by atoms with E-state index < -0.39 is 5.97 Å². The SMILES string of the molecule is CCC(O)CCCCC(O)CCCCCCCC(=O)O. The second-order valence-corrected chi connectivity index (χ2v) is 5.70. The van der Waals surface area contributed by atoms with Gasteiger partial charge in [0.2, 0.25) is 0 Å². The second kappa shape index (κ2) is 13.4. The lowest BCUT2D eigenvalue weighted by molar-refractivity contribution is -0.137. The minimum atomic E-state index is -0.714. The van der Waals surface area contributed by atoms with Gasteiger partial charge in [0, 0.05) is 6.42 Å². The molecular formula is C16H32O4. The van der Waals surface area contributed by atoms with Crippen molar-refractivity contribution in [1.82, 2.24) is 0 Å². The molecule has 0 aliphatic rings. The lowest BCUT2D eigenvalue weighted by Gasteiger charge is -2.11. The van der Waals surface area contributed by atoms with Gasteiger partial charge in [0.25, 0.3) is 0 Å². The lowest BCUT2D eigenvalue weighted by atomic mass is 10.0. The van der Waals surface area contributed by atoms with E-state index in [1.807, 2.05) is 6.92 Å². The third kappa shape index (κ3) is 13.8. The predicted octanol–water partition coefficient (Wildman–Crippen LogP) is 3.49. The largest absolute Gasteiger partial charge is 0.481 e. The lowest BCUT2D eigenvalue weighted by Crippen LogP contribution is -2.08. The molecule has 0 aromatic heterocycles. The van der Waals surface area contributed by atoms with Crippen LogP contribution in [0.15, 0.2) is 0 Å². The molecule has 2 unspecified atom stereocenters. The van der Waals surface area contributed by atoms with Gasteiger partial charge in [-0.25, -0.2) is 0 Å². The predicted molar refractivity (Wildman–Crippen MR) is 80.7 cm³/mol. The van der Waals surface area contributed by atoms with Crippen LogP contribution in [0.3, 0.4) is 0 Å². The normalized spacial score (nSPS) is 14.2. The molecule has 0 saturated carbocycles. The first-order valence-corrected chi connectivity index (χ1v) is 8.14. The molecule has 0 bridgehead atoms. The molecule has 0 saturated heterocycles. The molecule has 120 valence electrons. The minimum Gasteiger partial charge on any atom is -0.481 e. The molecule has 0 spiro atoms. The van der Waals surface area contributed by atoms with Crippen molar-refractivity contribution in [2.45, 2.75) is 96.2 Å². The molecule has 0 fully saturated rings. The van der Waals surface area contributed by atoms with E-state index in [-0.39, 0.29) is 18.6 Å². The fraction of sp³-hybridized carbons (Fsp3) is 0.938. The fourth-order valence-electron chi connectivity index (χ4n) is 2.29. The van der Waals surface area contributed by atoms with Crippen LogP contribution in [-0.2, 0) is 4.79 Å². The van der Waals surface area contributed by atoms with Crippen LogP contribution in [0.25, 0.3) is 0 Å². The number of carboxylic acid groups (broad SMARTS) is 1. The van der Waals surface area contributed by atoms with Crippen molar-refractivity contribution >= 4 is 5.97 Å². The number of aliphatic hydroxyl groups excluding tert-OH is 2. The summed E-state index contributed by atoms with van der Waals surface area (Å²) in [6, 6.07) is 0. The van der Waals surface area contributed by atoms with Gasteiger partial charge in [0.1, 0.15) is 0 Å². The molecule has 2 atom stereocenters. The summed E-state index contributed by atoms with van der Waals surface area (Å²) in [5.74, 6) is -0.714. The third-order valence-electron chi connectivity index (χ3n) is 3.72. The average Bonchev–Trinajstić information content (AvgIpc) is 2.41. The number of rotatable bonds is 14. The van der Waals surface area contributed by atoms with E-state index >= 15 is 0 Å². The van der Waals surface area contributed by atoms with Crippen molar-refractivity contribution < 1.29 is 20.1 Å². The van der Waals surface area contributed by atoms with Crippen LogP contribution >= 0.6 is 0 Å². The van der Waals surface area contributed by atoms with Gasteiger partial charge >= 0.3 is 5.97 Å². The van der Waals surface area contributed by atoms with E-state index in [4.69, 9.17) is 5.11 Å². The van der Waals surface area contributed by atoms with E-state index in [1.54, 1.807) is 0 Å². The Kier molecular flexibility index (Phi) is 13.0. The maximum atomic E-state index is 10.3. The van der Waals surface area contributed by atoms with Gasteiger partial charge in [-0.2, -0.15) is 0 Å². The van der Waals surface area contributed by atoms with Crippen molar-refractivity contribution in [2.75, 3.05) is 0 Å². The van der Waals surface area contributed by atoms with Crippen LogP contribution in [0, 0.1) is 0 Å². The van der Waals surface area contributed by atoms with Gasteiger partial charge in [-0.05, 0) is 32.1 Å². The molecule has 0 aliphatic carbocycles. The number of carbonyl (C=O) groups is 1. The maximum absolute atomic E-state index is 10.3. The summed E-state index contributed by atoms with van der Waals surface area (Å²) in [6.45, 7) is 1.98. The molecule has 0 heterocycles. The number of hydrogen-bond donors (Lipinski definition) is 3. The van der Waals surface area contributed by atoms with Crippen LogP contribution < -0.4 is 0 Å². The number of aliphatic hydroxyl groups is 2. The highest BCUT2D eigenvalue weighted by Crippen LogP contribution is 2.13. The van der Waals surface area contributed by atoms with Crippen molar-refractivity contribution in [3.05, 3.63) is 0 Å². The average molecular weight is 288 g/mol. The van der Waals surface area contributed by atoms with E-state index in [0.717, 1.165) is 70.6 Å². The number of hydrogen-bond acceptors (Lipinski definition) is 3. The molecule has 0 rings (SSSR count). The summed E-state index contributed by atoms with van der Waals surface area (Å²) in [4.78, 5) is 10.3. The summed E-state index contributed by atoms with van der Waals surface area (Å²) in [6.07, 6.45) is 10.0. The summed E-state index contributed by atoms with van der Waals surface area (Å²) in [7, 11) is 0. The van der Waals surface area contributed by atoms with Crippen LogP contribution in [0.4, 0.5) is 0 Å². The zero-order valence-corrected chi connectivity index (χ0v) is 12.9. The van der Waals surface area contributed by atoms with Crippen LogP contribution in [0.2, 0.25) is 0 Å². The summed E-state index contributed by atoms with van der Waals surface area (Å²) in [5, 5.41) is 27.7. The molecule has 0 aliphatic heterocycles. The van der Waals surface area contributed by atoms with E-state index in [0.29, 0.717) is 0 Å². The molecule has 4 heteroatoms. The van der Waals surface area contributed by atoms with Crippen LogP contribution in [-0.4, -0.2) is 33.5 Å². The Bertz CT molecular complexity index is 231. The Morgan fingerprint density at radius 3 is 1.80 bits per heavy atom. The molecular weight excluding hydrogens is 256 g/mol. The first kappa shape index (κ1) is 19.4. The van der Waals surface area contributed by atoms with Gasteiger partial charge in [0.05, 0.1) is 12.2 Å². The minimum absolute atomic E-state index is 0.182. The van der Waals surface area contributed by atoms with Gasteiger partial charge in [-0.1, -0.05) is 45.4 Å². The first-order chi connectivity index (χ1) is 9.56. The Labute approximate surface area is 123 Å². The van der Waals surface area contributed by atoms with Crippen molar-refractivity contribution in [1.29, 1.82) is 0 Å². The van der Waals surface area contributed by atoms with Crippen LogP contribution in [0.5, 0.6) is 0 Å². The standard InChI is InChI=1S/C16H32O4/c1-2-14(17)10-8-9-12-15(18)11-6-4-3-5-7-13-16(19)20/h14-15,17-18H,2-13H2,1H3,(H,19,20). The van der Waals surface area contributed by atoms with Gasteiger partial charge in [0.15, 0.2) is 0 Å². The molecule has 3 N–H and O–H groups in total. The van der Waals surface area contributed by atoms with Gasteiger partial charge < -0.3 is 15.3 Å². The van der Waals surface area contributed by atoms with Crippen LogP contribution in [0.1, 0.15) is 84.0 Å². The molecule has 4 nitrogen and oxygen atoms in total. The first-order valence-electron chi connectivity index (χ1n) is 8.14. The quantitative estimate of drug-likeness (QED) is 0.428. The highest BCUT2D eigenvalue weighted by Gasteiger charge is 2.05. The third-order valence-corrected chi connectivity index (χ3v) is 3.72. The zero-order valence-electron chi connectivity index (χ0n) is 12.9.